The van der Waals surface area contributed by atoms with Gasteiger partial charge in [-0.1, -0.05) is 33.1 Å². The Kier molecular flexibility index (Phi) is 8.42. The third-order valence-electron chi connectivity index (χ3n) is 6.38. The summed E-state index contributed by atoms with van der Waals surface area (Å²) in [6.45, 7) is 3.48. The summed E-state index contributed by atoms with van der Waals surface area (Å²) in [4.78, 5) is 14.4. The van der Waals surface area contributed by atoms with E-state index in [-0.39, 0.29) is 63.9 Å². The number of hydrogen-bond acceptors (Lipinski definition) is 10. The zero-order valence-corrected chi connectivity index (χ0v) is 21.8. The highest BCUT2D eigenvalue weighted by molar-refractivity contribution is 5.99. The fourth-order valence-corrected chi connectivity index (χ4v) is 4.58. The molecule has 0 bridgehead atoms. The highest BCUT2D eigenvalue weighted by Gasteiger charge is 2.31. The van der Waals surface area contributed by atoms with Crippen LogP contribution >= 0.6 is 0 Å². The number of ether oxygens (including phenoxy) is 2. The maximum absolute atomic E-state index is 16.3. The molecule has 12 heteroatoms. The minimum Gasteiger partial charge on any atom is -0.508 e. The maximum atomic E-state index is 16.3. The molecule has 2 aromatic heterocycles. The van der Waals surface area contributed by atoms with Crippen molar-refractivity contribution in [1.29, 1.82) is 5.26 Å². The molecule has 0 saturated carbocycles. The number of hydrogen-bond donors (Lipinski definition) is 3. The van der Waals surface area contributed by atoms with Crippen LogP contribution in [0.2, 0.25) is 0 Å². The number of rotatable bonds is 10. The molecule has 1 aliphatic rings. The van der Waals surface area contributed by atoms with Gasteiger partial charge in [-0.05, 0) is 37.5 Å². The lowest BCUT2D eigenvalue weighted by Gasteiger charge is -2.30. The van der Waals surface area contributed by atoms with Gasteiger partial charge in [0.1, 0.15) is 34.2 Å². The van der Waals surface area contributed by atoms with Gasteiger partial charge in [0.2, 0.25) is 5.88 Å². The molecular weight excluding hydrogens is 512 g/mol. The summed E-state index contributed by atoms with van der Waals surface area (Å²) in [5.74, 6) is -1.70. The van der Waals surface area contributed by atoms with Gasteiger partial charge in [-0.2, -0.15) is 15.2 Å². The van der Waals surface area contributed by atoms with Gasteiger partial charge in [-0.3, -0.25) is 0 Å². The molecule has 3 heterocycles. The first-order chi connectivity index (χ1) is 18.7. The number of phenols is 1. The van der Waals surface area contributed by atoms with E-state index in [1.165, 1.54) is 12.1 Å². The monoisotopic (exact) mass is 541 g/mol. The Morgan fingerprint density at radius 3 is 2.64 bits per heavy atom. The van der Waals surface area contributed by atoms with E-state index in [4.69, 9.17) is 9.47 Å². The van der Waals surface area contributed by atoms with E-state index in [1.807, 2.05) is 6.07 Å². The summed E-state index contributed by atoms with van der Waals surface area (Å²) in [5.41, 5.74) is -0.597. The van der Waals surface area contributed by atoms with E-state index in [2.05, 4.69) is 21.9 Å². The molecule has 0 aliphatic carbocycles. The van der Waals surface area contributed by atoms with Crippen LogP contribution in [-0.4, -0.2) is 50.0 Å². The maximum Gasteiger partial charge on any atom is 0.323 e. The topological polar surface area (TPSA) is 145 Å². The van der Waals surface area contributed by atoms with Crippen molar-refractivity contribution in [2.45, 2.75) is 59.4 Å². The molecule has 0 unspecified atom stereocenters. The minimum absolute atomic E-state index is 0.0114. The van der Waals surface area contributed by atoms with Crippen LogP contribution < -0.4 is 14.4 Å². The molecule has 0 radical (unpaired) electrons. The summed E-state index contributed by atoms with van der Waals surface area (Å²) in [6.07, 6.45) is 3.78. The molecule has 0 spiro atoms. The third kappa shape index (κ3) is 5.55. The average Bonchev–Trinajstić information content (AvgIpc) is 2.90. The van der Waals surface area contributed by atoms with Crippen molar-refractivity contribution in [3.05, 3.63) is 34.9 Å². The number of nitriles is 1. The van der Waals surface area contributed by atoms with Crippen molar-refractivity contribution in [3.63, 3.8) is 0 Å². The van der Waals surface area contributed by atoms with Crippen LogP contribution in [0.25, 0.3) is 27.7 Å². The summed E-state index contributed by atoms with van der Waals surface area (Å²) in [7, 11) is 0. The van der Waals surface area contributed by atoms with Crippen molar-refractivity contribution in [2.75, 3.05) is 18.2 Å². The van der Waals surface area contributed by atoms with Gasteiger partial charge < -0.3 is 29.7 Å². The van der Waals surface area contributed by atoms with Crippen LogP contribution in [0.3, 0.4) is 0 Å². The number of aliphatic hydroxyl groups is 2. The second-order valence-corrected chi connectivity index (χ2v) is 9.11. The summed E-state index contributed by atoms with van der Waals surface area (Å²) in [5, 5.41) is 38.9. The molecule has 10 nitrogen and oxygen atoms in total. The molecular formula is C27H29F2N5O5. The Balaban J connectivity index is 1.98. The fraction of sp³-hybridized carbons (Fsp3) is 0.407. The summed E-state index contributed by atoms with van der Waals surface area (Å²) < 4.78 is 41.8. The Morgan fingerprint density at radius 1 is 1.21 bits per heavy atom. The second kappa shape index (κ2) is 11.8. The van der Waals surface area contributed by atoms with Gasteiger partial charge >= 0.3 is 12.5 Å². The van der Waals surface area contributed by atoms with Crippen molar-refractivity contribution < 1.29 is 33.6 Å². The Morgan fingerprint density at radius 2 is 1.97 bits per heavy atom. The van der Waals surface area contributed by atoms with E-state index in [1.54, 1.807) is 18.7 Å². The van der Waals surface area contributed by atoms with E-state index in [0.29, 0.717) is 12.1 Å². The van der Waals surface area contributed by atoms with E-state index in [0.717, 1.165) is 25.7 Å². The van der Waals surface area contributed by atoms with Gasteiger partial charge in [-0.25, -0.2) is 13.8 Å². The van der Waals surface area contributed by atoms with Gasteiger partial charge in [-0.15, -0.1) is 0 Å². The number of pyridine rings is 1. The SMILES string of the molecule is CCCCCCN1COc2nc(-c3cc(O)cc(C)c3/C(C#N)=C(/F)CC)c(F)c3nc(OC(O)O)nc1c23. The zero-order valence-electron chi connectivity index (χ0n) is 21.8. The van der Waals surface area contributed by atoms with Crippen molar-refractivity contribution in [3.8, 4) is 35.0 Å². The number of aromatic nitrogens is 3. The van der Waals surface area contributed by atoms with E-state index < -0.39 is 24.1 Å². The standard InChI is InChI=1S/C27H29F2N5O5/c1-4-6-7-8-9-34-13-38-25-20-23(32-26(33-24(20)34)39-27(36)37)21(29)22(31-25)16-11-15(35)10-14(3)19(16)17(12-30)18(28)5-2/h10-11,27,35-37H,4-9,13H2,1-3H3/b18-17+. The first kappa shape index (κ1) is 27.9. The lowest BCUT2D eigenvalue weighted by atomic mass is 9.91. The summed E-state index contributed by atoms with van der Waals surface area (Å²) in [6, 6.07) is 3.88. The average molecular weight is 542 g/mol. The molecule has 0 amide bonds. The molecule has 3 aromatic rings. The third-order valence-corrected chi connectivity index (χ3v) is 6.38. The lowest BCUT2D eigenvalue weighted by Crippen LogP contribution is -2.33. The highest BCUT2D eigenvalue weighted by atomic mass is 19.1. The number of benzene rings is 1. The minimum atomic E-state index is -2.25. The number of nitrogens with zero attached hydrogens (tertiary/aromatic N) is 5. The van der Waals surface area contributed by atoms with E-state index in [9.17, 15) is 25.0 Å². The molecule has 39 heavy (non-hydrogen) atoms. The van der Waals surface area contributed by atoms with Crippen molar-refractivity contribution in [2.24, 2.45) is 0 Å². The number of halogens is 2. The Labute approximate surface area is 223 Å². The number of allylic oxidation sites excluding steroid dienone is 2. The van der Waals surface area contributed by atoms with Gasteiger partial charge in [0, 0.05) is 17.7 Å². The van der Waals surface area contributed by atoms with Gasteiger partial charge in [0.15, 0.2) is 18.4 Å². The smallest absolute Gasteiger partial charge is 0.323 e. The van der Waals surface area contributed by atoms with Crippen LogP contribution in [0.5, 0.6) is 17.6 Å². The number of aryl methyl sites for hydroxylation is 1. The number of aliphatic hydroxyl groups excluding tert-OH is 1. The predicted octanol–water partition coefficient (Wildman–Crippen LogP) is 4.84. The predicted molar refractivity (Wildman–Crippen MR) is 139 cm³/mol. The van der Waals surface area contributed by atoms with Crippen LogP contribution in [-0.2, 0) is 0 Å². The van der Waals surface area contributed by atoms with Crippen LogP contribution in [0, 0.1) is 24.1 Å². The fourth-order valence-electron chi connectivity index (χ4n) is 4.58. The van der Waals surface area contributed by atoms with Crippen LogP contribution in [0.4, 0.5) is 14.6 Å². The second-order valence-electron chi connectivity index (χ2n) is 9.11. The Bertz CT molecular complexity index is 1470. The quantitative estimate of drug-likeness (QED) is 0.185. The normalized spacial score (nSPS) is 13.4. The first-order valence-electron chi connectivity index (χ1n) is 12.6. The first-order valence-corrected chi connectivity index (χ1v) is 12.6. The molecule has 1 aromatic carbocycles. The highest BCUT2D eigenvalue weighted by Crippen LogP contribution is 2.43. The number of aromatic hydroxyl groups is 1. The number of phenolic OH excluding ortho intramolecular Hbond substituents is 1. The molecule has 3 N–H and O–H groups in total. The zero-order chi connectivity index (χ0) is 28.3. The number of unbranched alkanes of at least 4 members (excludes halogenated alkanes) is 3. The van der Waals surface area contributed by atoms with Gasteiger partial charge in [0.05, 0.1) is 5.57 Å². The number of anilines is 1. The molecule has 4 rings (SSSR count). The molecule has 1 aliphatic heterocycles. The van der Waals surface area contributed by atoms with Crippen LogP contribution in [0.15, 0.2) is 18.0 Å². The van der Waals surface area contributed by atoms with Crippen molar-refractivity contribution >= 4 is 22.3 Å². The van der Waals surface area contributed by atoms with Crippen molar-refractivity contribution in [1.82, 2.24) is 15.0 Å². The molecule has 206 valence electrons. The molecule has 0 saturated heterocycles. The lowest BCUT2D eigenvalue weighted by molar-refractivity contribution is -0.183. The summed E-state index contributed by atoms with van der Waals surface area (Å²) >= 11 is 0. The van der Waals surface area contributed by atoms with Gasteiger partial charge in [0.25, 0.3) is 0 Å². The largest absolute Gasteiger partial charge is 0.508 e. The Hall–Kier alpha value is -4.08. The van der Waals surface area contributed by atoms with E-state index >= 15 is 4.39 Å². The molecule has 0 fully saturated rings. The molecule has 0 atom stereocenters. The van der Waals surface area contributed by atoms with Crippen LogP contribution in [0.1, 0.15) is 57.1 Å².